The van der Waals surface area contributed by atoms with Crippen LogP contribution < -0.4 is 5.32 Å². The van der Waals surface area contributed by atoms with Crippen molar-refractivity contribution in [3.8, 4) is 0 Å². The van der Waals surface area contributed by atoms with Gasteiger partial charge < -0.3 is 10.1 Å². The maximum atomic E-state index is 5.96. The first-order valence-corrected chi connectivity index (χ1v) is 6.73. The zero-order valence-corrected chi connectivity index (χ0v) is 10.4. The average Bonchev–Trinajstić information content (AvgIpc) is 2.48. The van der Waals surface area contributed by atoms with Crippen molar-refractivity contribution >= 4 is 0 Å². The van der Waals surface area contributed by atoms with Crippen molar-refractivity contribution in [2.24, 2.45) is 0 Å². The highest BCUT2D eigenvalue weighted by atomic mass is 16.5. The van der Waals surface area contributed by atoms with Crippen LogP contribution in [0.15, 0.2) is 0 Å². The standard InChI is InChI=1S/C13H27NO/c1-3-10-14-12-8-6-5-7-9-13(12)15-11-4-2/h12-14H,3-11H2,1-2H3. The van der Waals surface area contributed by atoms with Gasteiger partial charge in [0.1, 0.15) is 0 Å². The van der Waals surface area contributed by atoms with Crippen LogP contribution in [0, 0.1) is 0 Å². The molecule has 0 aromatic heterocycles. The minimum Gasteiger partial charge on any atom is -0.377 e. The van der Waals surface area contributed by atoms with Gasteiger partial charge in [-0.1, -0.05) is 33.1 Å². The Morgan fingerprint density at radius 3 is 2.60 bits per heavy atom. The molecule has 15 heavy (non-hydrogen) atoms. The van der Waals surface area contributed by atoms with Crippen molar-refractivity contribution < 1.29 is 4.74 Å². The third-order valence-electron chi connectivity index (χ3n) is 3.15. The smallest absolute Gasteiger partial charge is 0.0728 e. The Kier molecular flexibility index (Phi) is 7.03. The van der Waals surface area contributed by atoms with Gasteiger partial charge in [0.2, 0.25) is 0 Å². The van der Waals surface area contributed by atoms with Crippen LogP contribution in [0.4, 0.5) is 0 Å². The normalized spacial score (nSPS) is 27.6. The molecular weight excluding hydrogens is 186 g/mol. The molecule has 0 saturated heterocycles. The Hall–Kier alpha value is -0.0800. The van der Waals surface area contributed by atoms with Gasteiger partial charge >= 0.3 is 0 Å². The van der Waals surface area contributed by atoms with Crippen molar-refractivity contribution in [3.63, 3.8) is 0 Å². The van der Waals surface area contributed by atoms with Crippen LogP contribution in [0.2, 0.25) is 0 Å². The van der Waals surface area contributed by atoms with Crippen LogP contribution in [0.3, 0.4) is 0 Å². The zero-order chi connectivity index (χ0) is 10.9. The summed E-state index contributed by atoms with van der Waals surface area (Å²) < 4.78 is 5.96. The summed E-state index contributed by atoms with van der Waals surface area (Å²) >= 11 is 0. The van der Waals surface area contributed by atoms with Crippen molar-refractivity contribution in [1.82, 2.24) is 5.32 Å². The Morgan fingerprint density at radius 1 is 1.07 bits per heavy atom. The van der Waals surface area contributed by atoms with E-state index in [1.165, 1.54) is 38.5 Å². The largest absolute Gasteiger partial charge is 0.377 e. The monoisotopic (exact) mass is 213 g/mol. The summed E-state index contributed by atoms with van der Waals surface area (Å²) in [5.74, 6) is 0. The zero-order valence-electron chi connectivity index (χ0n) is 10.4. The molecule has 1 aliphatic rings. The third kappa shape index (κ3) is 4.98. The first kappa shape index (κ1) is 13.0. The Bertz CT molecular complexity index is 133. The van der Waals surface area contributed by atoms with Gasteiger partial charge in [-0.15, -0.1) is 0 Å². The van der Waals surface area contributed by atoms with E-state index in [0.29, 0.717) is 12.1 Å². The molecule has 2 heteroatoms. The summed E-state index contributed by atoms with van der Waals surface area (Å²) in [5, 5.41) is 3.65. The second kappa shape index (κ2) is 8.12. The summed E-state index contributed by atoms with van der Waals surface area (Å²) in [7, 11) is 0. The molecule has 2 atom stereocenters. The van der Waals surface area contributed by atoms with E-state index in [9.17, 15) is 0 Å². The highest BCUT2D eigenvalue weighted by Crippen LogP contribution is 2.20. The fourth-order valence-electron chi connectivity index (χ4n) is 2.31. The second-order valence-corrected chi connectivity index (χ2v) is 4.61. The molecule has 0 aliphatic heterocycles. The van der Waals surface area contributed by atoms with Crippen molar-refractivity contribution in [1.29, 1.82) is 0 Å². The van der Waals surface area contributed by atoms with E-state index in [1.54, 1.807) is 0 Å². The van der Waals surface area contributed by atoms with Gasteiger partial charge in [-0.25, -0.2) is 0 Å². The molecule has 1 rings (SSSR count). The highest BCUT2D eigenvalue weighted by Gasteiger charge is 2.23. The molecular formula is C13H27NO. The lowest BCUT2D eigenvalue weighted by atomic mass is 10.1. The van der Waals surface area contributed by atoms with Crippen LogP contribution in [0.5, 0.6) is 0 Å². The van der Waals surface area contributed by atoms with Crippen molar-refractivity contribution in [2.45, 2.75) is 70.9 Å². The molecule has 2 nitrogen and oxygen atoms in total. The van der Waals surface area contributed by atoms with Gasteiger partial charge in [0.15, 0.2) is 0 Å². The minimum absolute atomic E-state index is 0.471. The predicted octanol–water partition coefficient (Wildman–Crippen LogP) is 3.11. The number of hydrogen-bond donors (Lipinski definition) is 1. The maximum absolute atomic E-state index is 5.96. The molecule has 1 aliphatic carbocycles. The number of nitrogens with one attached hydrogen (secondary N) is 1. The van der Waals surface area contributed by atoms with Gasteiger partial charge in [-0.3, -0.25) is 0 Å². The topological polar surface area (TPSA) is 21.3 Å². The van der Waals surface area contributed by atoms with Gasteiger partial charge in [-0.2, -0.15) is 0 Å². The second-order valence-electron chi connectivity index (χ2n) is 4.61. The Labute approximate surface area is 94.8 Å². The molecule has 90 valence electrons. The number of ether oxygens (including phenoxy) is 1. The SMILES string of the molecule is CCCNC1CCCCCC1OCCC. The van der Waals surface area contributed by atoms with E-state index in [1.807, 2.05) is 0 Å². The van der Waals surface area contributed by atoms with Gasteiger partial charge in [0.05, 0.1) is 6.10 Å². The first-order valence-electron chi connectivity index (χ1n) is 6.73. The van der Waals surface area contributed by atoms with Crippen LogP contribution in [-0.2, 0) is 4.74 Å². The molecule has 0 radical (unpaired) electrons. The fraction of sp³-hybridized carbons (Fsp3) is 1.00. The molecule has 0 aromatic carbocycles. The summed E-state index contributed by atoms with van der Waals surface area (Å²) in [4.78, 5) is 0. The van der Waals surface area contributed by atoms with Gasteiger partial charge in [-0.05, 0) is 32.2 Å². The molecule has 1 saturated carbocycles. The summed E-state index contributed by atoms with van der Waals surface area (Å²) in [6.07, 6.45) is 9.48. The number of rotatable bonds is 6. The van der Waals surface area contributed by atoms with E-state index in [2.05, 4.69) is 19.2 Å². The molecule has 0 amide bonds. The molecule has 0 bridgehead atoms. The lowest BCUT2D eigenvalue weighted by Gasteiger charge is -2.26. The molecule has 2 unspecified atom stereocenters. The lowest BCUT2D eigenvalue weighted by molar-refractivity contribution is 0.0225. The minimum atomic E-state index is 0.471. The van der Waals surface area contributed by atoms with E-state index in [0.717, 1.165) is 19.6 Å². The van der Waals surface area contributed by atoms with E-state index >= 15 is 0 Å². The molecule has 0 aromatic rings. The molecule has 1 N–H and O–H groups in total. The fourth-order valence-corrected chi connectivity index (χ4v) is 2.31. The Balaban J connectivity index is 2.35. The third-order valence-corrected chi connectivity index (χ3v) is 3.15. The van der Waals surface area contributed by atoms with Crippen molar-refractivity contribution in [3.05, 3.63) is 0 Å². The lowest BCUT2D eigenvalue weighted by Crippen LogP contribution is -2.41. The predicted molar refractivity (Wildman–Crippen MR) is 65.2 cm³/mol. The summed E-state index contributed by atoms with van der Waals surface area (Å²) in [6.45, 7) is 6.47. The molecule has 0 spiro atoms. The van der Waals surface area contributed by atoms with E-state index in [-0.39, 0.29) is 0 Å². The Morgan fingerprint density at radius 2 is 1.87 bits per heavy atom. The van der Waals surface area contributed by atoms with Crippen LogP contribution in [0.1, 0.15) is 58.8 Å². The highest BCUT2D eigenvalue weighted by molar-refractivity contribution is 4.80. The van der Waals surface area contributed by atoms with Gasteiger partial charge in [0.25, 0.3) is 0 Å². The maximum Gasteiger partial charge on any atom is 0.0728 e. The summed E-state index contributed by atoms with van der Waals surface area (Å²) in [6, 6.07) is 0.610. The van der Waals surface area contributed by atoms with Crippen molar-refractivity contribution in [2.75, 3.05) is 13.2 Å². The van der Waals surface area contributed by atoms with Crippen LogP contribution in [-0.4, -0.2) is 25.3 Å². The average molecular weight is 213 g/mol. The van der Waals surface area contributed by atoms with Gasteiger partial charge in [0, 0.05) is 12.6 Å². The summed E-state index contributed by atoms with van der Waals surface area (Å²) in [5.41, 5.74) is 0. The van der Waals surface area contributed by atoms with Crippen LogP contribution >= 0.6 is 0 Å². The van der Waals surface area contributed by atoms with Crippen LogP contribution in [0.25, 0.3) is 0 Å². The first-order chi connectivity index (χ1) is 7.38. The molecule has 1 fully saturated rings. The quantitative estimate of drug-likeness (QED) is 0.685. The van der Waals surface area contributed by atoms with E-state index < -0.39 is 0 Å². The number of hydrogen-bond acceptors (Lipinski definition) is 2. The molecule has 0 heterocycles. The van der Waals surface area contributed by atoms with E-state index in [4.69, 9.17) is 4.74 Å².